The van der Waals surface area contributed by atoms with Gasteiger partial charge < -0.3 is 4.48 Å². The Hall–Kier alpha value is -1.93. The number of carbonyl (C=O) groups excluding carboxylic acids is 1. The zero-order valence-electron chi connectivity index (χ0n) is 13.6. The molecule has 5 rings (SSSR count). The standard InChI is InChI=1S/C21H24NO/c23-20-17-22(16-19-9-5-2-6-10-19)13-11-21(20,12-14-22)15-18-7-3-1-4-8-18/h1-10H,11-17H2/q+1. The molecule has 3 saturated heterocycles. The number of quaternary nitrogens is 1. The first-order valence-electron chi connectivity index (χ1n) is 8.66. The third kappa shape index (κ3) is 2.72. The second kappa shape index (κ2) is 5.61. The first-order valence-corrected chi connectivity index (χ1v) is 8.66. The Morgan fingerprint density at radius 2 is 1.39 bits per heavy atom. The van der Waals surface area contributed by atoms with E-state index in [2.05, 4.69) is 54.6 Å². The molecule has 0 amide bonds. The van der Waals surface area contributed by atoms with Crippen LogP contribution in [0.5, 0.6) is 0 Å². The Balaban J connectivity index is 1.52. The predicted octanol–water partition coefficient (Wildman–Crippen LogP) is 3.61. The summed E-state index contributed by atoms with van der Waals surface area (Å²) in [6.45, 7) is 4.02. The van der Waals surface area contributed by atoms with Crippen molar-refractivity contribution in [2.24, 2.45) is 5.41 Å². The third-order valence-electron chi connectivity index (χ3n) is 5.95. The van der Waals surface area contributed by atoms with Crippen molar-refractivity contribution in [3.63, 3.8) is 0 Å². The highest BCUT2D eigenvalue weighted by Crippen LogP contribution is 2.44. The molecule has 0 aromatic heterocycles. The summed E-state index contributed by atoms with van der Waals surface area (Å²) in [5.41, 5.74) is 2.58. The van der Waals surface area contributed by atoms with Gasteiger partial charge in [-0.05, 0) is 12.0 Å². The molecule has 0 saturated carbocycles. The summed E-state index contributed by atoms with van der Waals surface area (Å²) in [6.07, 6.45) is 3.03. The molecule has 118 valence electrons. The van der Waals surface area contributed by atoms with E-state index in [4.69, 9.17) is 0 Å². The van der Waals surface area contributed by atoms with E-state index >= 15 is 0 Å². The van der Waals surface area contributed by atoms with Crippen molar-refractivity contribution in [1.82, 2.24) is 0 Å². The molecule has 0 atom stereocenters. The van der Waals surface area contributed by atoms with Crippen LogP contribution in [-0.4, -0.2) is 29.9 Å². The molecule has 3 heterocycles. The lowest BCUT2D eigenvalue weighted by Gasteiger charge is -2.53. The minimum Gasteiger partial charge on any atom is -0.314 e. The Bertz CT molecular complexity index is 684. The van der Waals surface area contributed by atoms with Crippen LogP contribution < -0.4 is 0 Å². The van der Waals surface area contributed by atoms with E-state index in [-0.39, 0.29) is 5.41 Å². The summed E-state index contributed by atoms with van der Waals surface area (Å²) >= 11 is 0. The molecule has 3 aliphatic rings. The molecule has 2 nitrogen and oxygen atoms in total. The lowest BCUT2D eigenvalue weighted by Crippen LogP contribution is -2.66. The molecule has 3 fully saturated rings. The Morgan fingerprint density at radius 3 is 1.96 bits per heavy atom. The van der Waals surface area contributed by atoms with E-state index in [9.17, 15) is 4.79 Å². The van der Waals surface area contributed by atoms with Gasteiger partial charge in [-0.3, -0.25) is 4.79 Å². The molecule has 2 aromatic rings. The van der Waals surface area contributed by atoms with E-state index in [0.717, 1.165) is 49.9 Å². The average Bonchev–Trinajstić information content (AvgIpc) is 2.58. The molecule has 0 unspecified atom stereocenters. The molecule has 2 aromatic carbocycles. The molecule has 0 aliphatic carbocycles. The number of rotatable bonds is 4. The number of nitrogens with zero attached hydrogens (tertiary/aromatic N) is 1. The zero-order chi connectivity index (χ0) is 15.8. The summed E-state index contributed by atoms with van der Waals surface area (Å²) in [7, 11) is 0. The SMILES string of the molecule is O=C1C[N+]2(Cc3ccccc3)CCC1(Cc1ccccc1)CC2. The van der Waals surface area contributed by atoms with Crippen LogP contribution in [0.4, 0.5) is 0 Å². The largest absolute Gasteiger partial charge is 0.314 e. The van der Waals surface area contributed by atoms with Gasteiger partial charge in [-0.1, -0.05) is 60.7 Å². The average molecular weight is 306 g/mol. The summed E-state index contributed by atoms with van der Waals surface area (Å²) in [6, 6.07) is 21.2. The monoisotopic (exact) mass is 306 g/mol. The highest BCUT2D eigenvalue weighted by atomic mass is 16.1. The van der Waals surface area contributed by atoms with Crippen molar-refractivity contribution in [3.05, 3.63) is 71.8 Å². The lowest BCUT2D eigenvalue weighted by molar-refractivity contribution is -0.945. The normalized spacial score (nSPS) is 29.7. The molecule has 0 radical (unpaired) electrons. The number of piperidine rings is 3. The van der Waals surface area contributed by atoms with Crippen LogP contribution >= 0.6 is 0 Å². The van der Waals surface area contributed by atoms with E-state index in [1.165, 1.54) is 11.1 Å². The van der Waals surface area contributed by atoms with Gasteiger partial charge >= 0.3 is 0 Å². The molecule has 3 aliphatic heterocycles. The summed E-state index contributed by atoms with van der Waals surface area (Å²) in [4.78, 5) is 13.0. The van der Waals surface area contributed by atoms with Crippen LogP contribution in [0.2, 0.25) is 0 Å². The maximum absolute atomic E-state index is 13.0. The van der Waals surface area contributed by atoms with E-state index in [1.54, 1.807) is 0 Å². The number of ketones is 1. The fourth-order valence-corrected chi connectivity index (χ4v) is 4.50. The first kappa shape index (κ1) is 14.6. The second-order valence-electron chi connectivity index (χ2n) is 7.46. The predicted molar refractivity (Wildman–Crippen MR) is 91.8 cm³/mol. The quantitative estimate of drug-likeness (QED) is 0.789. The number of hydrogen-bond acceptors (Lipinski definition) is 1. The number of Topliss-reactive ketones (excluding diaryl/α,β-unsaturated/α-hetero) is 1. The van der Waals surface area contributed by atoms with E-state index in [0.29, 0.717) is 5.78 Å². The van der Waals surface area contributed by atoms with Crippen LogP contribution in [-0.2, 0) is 17.8 Å². The van der Waals surface area contributed by atoms with Gasteiger partial charge in [-0.25, -0.2) is 0 Å². The maximum atomic E-state index is 13.0. The summed E-state index contributed by atoms with van der Waals surface area (Å²) in [5.74, 6) is 0.495. The Labute approximate surface area is 138 Å². The minimum absolute atomic E-state index is 0.0853. The number of hydrogen-bond donors (Lipinski definition) is 0. The van der Waals surface area contributed by atoms with E-state index in [1.807, 2.05) is 6.07 Å². The summed E-state index contributed by atoms with van der Waals surface area (Å²) in [5, 5.41) is 0. The van der Waals surface area contributed by atoms with Crippen molar-refractivity contribution in [2.45, 2.75) is 25.8 Å². The van der Waals surface area contributed by atoms with E-state index < -0.39 is 0 Å². The zero-order valence-corrected chi connectivity index (χ0v) is 13.6. The van der Waals surface area contributed by atoms with Crippen LogP contribution in [0, 0.1) is 5.41 Å². The fourth-order valence-electron chi connectivity index (χ4n) is 4.50. The van der Waals surface area contributed by atoms with Crippen molar-refractivity contribution in [2.75, 3.05) is 19.6 Å². The molecule has 0 N–H and O–H groups in total. The van der Waals surface area contributed by atoms with Crippen molar-refractivity contribution >= 4 is 5.78 Å². The van der Waals surface area contributed by atoms with Crippen molar-refractivity contribution < 1.29 is 9.28 Å². The molecule has 2 bridgehead atoms. The first-order chi connectivity index (χ1) is 11.2. The molecule has 0 spiro atoms. The Kier molecular flexibility index (Phi) is 3.57. The van der Waals surface area contributed by atoms with Gasteiger partial charge in [-0.15, -0.1) is 0 Å². The van der Waals surface area contributed by atoms with Gasteiger partial charge in [0.05, 0.1) is 13.1 Å². The van der Waals surface area contributed by atoms with Crippen molar-refractivity contribution in [3.8, 4) is 0 Å². The molecular weight excluding hydrogens is 282 g/mol. The van der Waals surface area contributed by atoms with Crippen LogP contribution in [0.1, 0.15) is 24.0 Å². The minimum atomic E-state index is -0.0853. The highest BCUT2D eigenvalue weighted by molar-refractivity contribution is 5.87. The molecule has 23 heavy (non-hydrogen) atoms. The van der Waals surface area contributed by atoms with Gasteiger partial charge in [0.25, 0.3) is 0 Å². The van der Waals surface area contributed by atoms with Gasteiger partial charge in [0.2, 0.25) is 0 Å². The lowest BCUT2D eigenvalue weighted by atomic mass is 9.66. The topological polar surface area (TPSA) is 17.1 Å². The van der Waals surface area contributed by atoms with Crippen molar-refractivity contribution in [1.29, 1.82) is 0 Å². The number of benzene rings is 2. The van der Waals surface area contributed by atoms with Gasteiger partial charge in [0.1, 0.15) is 13.1 Å². The number of carbonyl (C=O) groups is 1. The Morgan fingerprint density at radius 1 is 0.826 bits per heavy atom. The van der Waals surface area contributed by atoms with Crippen LogP contribution in [0.25, 0.3) is 0 Å². The van der Waals surface area contributed by atoms with Gasteiger partial charge in [-0.2, -0.15) is 0 Å². The van der Waals surface area contributed by atoms with Crippen LogP contribution in [0.15, 0.2) is 60.7 Å². The third-order valence-corrected chi connectivity index (χ3v) is 5.95. The van der Waals surface area contributed by atoms with Gasteiger partial charge in [0, 0.05) is 23.8 Å². The fraction of sp³-hybridized carbons (Fsp3) is 0.381. The smallest absolute Gasteiger partial charge is 0.193 e. The van der Waals surface area contributed by atoms with Gasteiger partial charge in [0.15, 0.2) is 5.78 Å². The van der Waals surface area contributed by atoms with Crippen LogP contribution in [0.3, 0.4) is 0 Å². The number of fused-ring (bicyclic) bond motifs is 3. The molecule has 2 heteroatoms. The second-order valence-corrected chi connectivity index (χ2v) is 7.46. The summed E-state index contributed by atoms with van der Waals surface area (Å²) < 4.78 is 0.972. The highest BCUT2D eigenvalue weighted by Gasteiger charge is 2.54. The maximum Gasteiger partial charge on any atom is 0.193 e. The molecular formula is C21H24NO+.